The fourth-order valence-electron chi connectivity index (χ4n) is 3.51. The monoisotopic (exact) mass is 610 g/mol. The van der Waals surface area contributed by atoms with E-state index in [1.807, 2.05) is 0 Å². The highest BCUT2D eigenvalue weighted by Gasteiger charge is 2.24. The SMILES string of the molecule is COC(=O)c1ccc(NS(=O)(=O)c2ccc(NC(=O)C(N=Nc3cc(C(=O)OC)ccc3C(=O)OC)C(C)=O)cc2)cc1. The Bertz CT molecular complexity index is 1690. The highest BCUT2D eigenvalue weighted by Crippen LogP contribution is 2.24. The fraction of sp³-hybridized carbons (Fsp3) is 0.179. The zero-order chi connectivity index (χ0) is 31.7. The predicted molar refractivity (Wildman–Crippen MR) is 152 cm³/mol. The maximum absolute atomic E-state index is 12.9. The molecule has 1 atom stereocenters. The number of methoxy groups -OCH3 is 3. The number of sulfonamides is 1. The van der Waals surface area contributed by atoms with Gasteiger partial charge < -0.3 is 19.5 Å². The molecule has 3 rings (SSSR count). The Kier molecular flexibility index (Phi) is 10.4. The van der Waals surface area contributed by atoms with Gasteiger partial charge >= 0.3 is 17.9 Å². The molecule has 0 aliphatic rings. The number of benzene rings is 3. The number of carbonyl (C=O) groups excluding carboxylic acids is 5. The van der Waals surface area contributed by atoms with E-state index in [2.05, 4.69) is 29.7 Å². The number of ketones is 1. The van der Waals surface area contributed by atoms with Crippen molar-refractivity contribution in [3.63, 3.8) is 0 Å². The van der Waals surface area contributed by atoms with Crippen LogP contribution >= 0.6 is 0 Å². The number of esters is 3. The summed E-state index contributed by atoms with van der Waals surface area (Å²) < 4.78 is 41.9. The van der Waals surface area contributed by atoms with Gasteiger partial charge in [0.2, 0.25) is 6.04 Å². The van der Waals surface area contributed by atoms with Gasteiger partial charge in [-0.1, -0.05) is 0 Å². The first-order valence-electron chi connectivity index (χ1n) is 12.2. The number of amides is 1. The molecule has 3 aromatic carbocycles. The maximum Gasteiger partial charge on any atom is 0.340 e. The summed E-state index contributed by atoms with van der Waals surface area (Å²) in [7, 11) is -0.497. The normalized spacial score (nSPS) is 11.7. The molecule has 1 unspecified atom stereocenters. The van der Waals surface area contributed by atoms with Crippen molar-refractivity contribution in [2.45, 2.75) is 17.9 Å². The van der Waals surface area contributed by atoms with E-state index in [-0.39, 0.29) is 38.6 Å². The number of ether oxygens (including phenoxy) is 3. The summed E-state index contributed by atoms with van der Waals surface area (Å²) in [5.41, 5.74) is 0.411. The summed E-state index contributed by atoms with van der Waals surface area (Å²) in [5, 5.41) is 10.1. The van der Waals surface area contributed by atoms with Crippen LogP contribution < -0.4 is 10.0 Å². The summed E-state index contributed by atoms with van der Waals surface area (Å²) in [6.07, 6.45) is 0. The molecule has 0 spiro atoms. The van der Waals surface area contributed by atoms with Crippen LogP contribution in [0.2, 0.25) is 0 Å². The van der Waals surface area contributed by atoms with Crippen LogP contribution in [-0.2, 0) is 33.8 Å². The summed E-state index contributed by atoms with van der Waals surface area (Å²) in [4.78, 5) is 60.6. The Morgan fingerprint density at radius 1 is 0.721 bits per heavy atom. The number of anilines is 2. The molecule has 0 heterocycles. The molecule has 0 aliphatic heterocycles. The van der Waals surface area contributed by atoms with Crippen LogP contribution in [0.1, 0.15) is 38.0 Å². The van der Waals surface area contributed by atoms with Crippen molar-refractivity contribution in [3.8, 4) is 0 Å². The molecule has 15 heteroatoms. The molecule has 224 valence electrons. The number of nitrogens with zero attached hydrogens (tertiary/aromatic N) is 2. The van der Waals surface area contributed by atoms with E-state index in [0.29, 0.717) is 0 Å². The minimum Gasteiger partial charge on any atom is -0.465 e. The number of hydrogen-bond acceptors (Lipinski definition) is 12. The van der Waals surface area contributed by atoms with Crippen LogP contribution in [0.5, 0.6) is 0 Å². The molecule has 43 heavy (non-hydrogen) atoms. The minimum atomic E-state index is -4.03. The lowest BCUT2D eigenvalue weighted by atomic mass is 10.1. The topological polar surface area (TPSA) is 196 Å². The van der Waals surface area contributed by atoms with E-state index in [9.17, 15) is 32.4 Å². The molecular formula is C28H26N4O10S. The molecule has 14 nitrogen and oxygen atoms in total. The first-order chi connectivity index (χ1) is 20.4. The maximum atomic E-state index is 12.9. The van der Waals surface area contributed by atoms with Crippen molar-refractivity contribution >= 4 is 56.7 Å². The molecule has 0 radical (unpaired) electrons. The number of hydrogen-bond donors (Lipinski definition) is 2. The molecular weight excluding hydrogens is 584 g/mol. The molecule has 3 aromatic rings. The number of azo groups is 1. The fourth-order valence-corrected chi connectivity index (χ4v) is 4.57. The third-order valence-corrected chi connectivity index (χ3v) is 7.13. The van der Waals surface area contributed by atoms with Gasteiger partial charge in [0.05, 0.1) is 42.9 Å². The molecule has 0 bridgehead atoms. The quantitative estimate of drug-likeness (QED) is 0.140. The van der Waals surface area contributed by atoms with Crippen LogP contribution in [0.4, 0.5) is 17.1 Å². The molecule has 0 aromatic heterocycles. The summed E-state index contributed by atoms with van der Waals surface area (Å²) in [6.45, 7) is 1.11. The zero-order valence-electron chi connectivity index (χ0n) is 23.3. The van der Waals surface area contributed by atoms with E-state index in [0.717, 1.165) is 14.0 Å². The van der Waals surface area contributed by atoms with Crippen molar-refractivity contribution in [1.29, 1.82) is 0 Å². The highest BCUT2D eigenvalue weighted by atomic mass is 32.2. The van der Waals surface area contributed by atoms with Gasteiger partial charge in [-0.2, -0.15) is 10.2 Å². The van der Waals surface area contributed by atoms with E-state index in [1.165, 1.54) is 80.9 Å². The van der Waals surface area contributed by atoms with Crippen LogP contribution in [-0.4, -0.2) is 65.4 Å². The molecule has 0 saturated heterocycles. The zero-order valence-corrected chi connectivity index (χ0v) is 24.1. The smallest absolute Gasteiger partial charge is 0.340 e. The predicted octanol–water partition coefficient (Wildman–Crippen LogP) is 3.53. The number of Topliss-reactive ketones (excluding diaryl/α,β-unsaturated/α-hetero) is 1. The Labute approximate surface area is 246 Å². The second-order valence-electron chi connectivity index (χ2n) is 8.63. The first kappa shape index (κ1) is 32.1. The van der Waals surface area contributed by atoms with Gasteiger partial charge in [-0.15, -0.1) is 0 Å². The van der Waals surface area contributed by atoms with Gasteiger partial charge in [0.25, 0.3) is 15.9 Å². The molecule has 1 amide bonds. The van der Waals surface area contributed by atoms with Crippen molar-refractivity contribution < 1.29 is 46.6 Å². The van der Waals surface area contributed by atoms with Crippen LogP contribution in [0.25, 0.3) is 0 Å². The molecule has 2 N–H and O–H groups in total. The lowest BCUT2D eigenvalue weighted by Gasteiger charge is -2.12. The van der Waals surface area contributed by atoms with Crippen LogP contribution in [0.3, 0.4) is 0 Å². The van der Waals surface area contributed by atoms with Gasteiger partial charge in [0.15, 0.2) is 5.78 Å². The Morgan fingerprint density at radius 2 is 1.26 bits per heavy atom. The van der Waals surface area contributed by atoms with E-state index in [1.54, 1.807) is 0 Å². The minimum absolute atomic E-state index is 0.0377. The average Bonchev–Trinajstić information content (AvgIpc) is 3.00. The van der Waals surface area contributed by atoms with E-state index >= 15 is 0 Å². The van der Waals surface area contributed by atoms with Crippen molar-refractivity contribution in [3.05, 3.63) is 83.4 Å². The van der Waals surface area contributed by atoms with Crippen molar-refractivity contribution in [2.24, 2.45) is 10.2 Å². The van der Waals surface area contributed by atoms with Crippen LogP contribution in [0.15, 0.2) is 81.9 Å². The molecule has 0 fully saturated rings. The van der Waals surface area contributed by atoms with E-state index in [4.69, 9.17) is 4.74 Å². The van der Waals surface area contributed by atoms with Gasteiger partial charge in [-0.25, -0.2) is 22.8 Å². The number of carbonyl (C=O) groups is 5. The Hall–Kier alpha value is -5.44. The van der Waals surface area contributed by atoms with Crippen molar-refractivity contribution in [2.75, 3.05) is 31.4 Å². The van der Waals surface area contributed by atoms with Gasteiger partial charge in [-0.05, 0) is 73.7 Å². The second kappa shape index (κ2) is 14.0. The summed E-state index contributed by atoms with van der Waals surface area (Å²) in [6, 6.07) is 12.8. The molecule has 0 aliphatic carbocycles. The third kappa shape index (κ3) is 8.07. The van der Waals surface area contributed by atoms with Gasteiger partial charge in [-0.3, -0.25) is 14.3 Å². The largest absolute Gasteiger partial charge is 0.465 e. The standard InChI is InChI=1S/C28H26N4O10S/c1-16(33)24(31-30-23-15-18(27(36)41-3)7-14-22(23)28(37)42-4)25(34)29-19-10-12-21(13-11-19)43(38,39)32-20-8-5-17(6-9-20)26(35)40-2/h5-15,24,32H,1-4H3,(H,29,34). The van der Waals surface area contributed by atoms with Gasteiger partial charge in [0.1, 0.15) is 5.69 Å². The lowest BCUT2D eigenvalue weighted by molar-refractivity contribution is -0.126. The average molecular weight is 611 g/mol. The molecule has 0 saturated carbocycles. The number of nitrogens with one attached hydrogen (secondary N) is 2. The highest BCUT2D eigenvalue weighted by molar-refractivity contribution is 7.92. The summed E-state index contributed by atoms with van der Waals surface area (Å²) in [5.74, 6) is -3.66. The Balaban J connectivity index is 1.77. The Morgan fingerprint density at radius 3 is 1.81 bits per heavy atom. The lowest BCUT2D eigenvalue weighted by Crippen LogP contribution is -2.31. The first-order valence-corrected chi connectivity index (χ1v) is 13.7. The number of rotatable bonds is 11. The summed E-state index contributed by atoms with van der Waals surface area (Å²) >= 11 is 0. The third-order valence-electron chi connectivity index (χ3n) is 5.73. The van der Waals surface area contributed by atoms with Crippen molar-refractivity contribution in [1.82, 2.24) is 0 Å². The second-order valence-corrected chi connectivity index (χ2v) is 10.3. The van der Waals surface area contributed by atoms with Gasteiger partial charge in [0, 0.05) is 11.4 Å². The van der Waals surface area contributed by atoms with E-state index < -0.39 is 45.7 Å². The van der Waals surface area contributed by atoms with Crippen LogP contribution in [0, 0.1) is 0 Å².